The number of hydrogen-bond donors (Lipinski definition) is 2. The number of hydrogen-bond acceptors (Lipinski definition) is 4. The van der Waals surface area contributed by atoms with E-state index in [-0.39, 0.29) is 23.7 Å². The van der Waals surface area contributed by atoms with E-state index in [9.17, 15) is 14.7 Å². The molecule has 2 rings (SSSR count). The summed E-state index contributed by atoms with van der Waals surface area (Å²) < 4.78 is 0. The van der Waals surface area contributed by atoms with Gasteiger partial charge in [0.25, 0.3) is 5.91 Å². The molecule has 0 aromatic carbocycles. The predicted octanol–water partition coefficient (Wildman–Crippen LogP) is 0.377. The van der Waals surface area contributed by atoms with E-state index in [2.05, 4.69) is 4.98 Å². The maximum atomic E-state index is 12.0. The van der Waals surface area contributed by atoms with Crippen molar-refractivity contribution in [2.24, 2.45) is 0 Å². The summed E-state index contributed by atoms with van der Waals surface area (Å²) in [5.74, 6) is -1.37. The van der Waals surface area contributed by atoms with E-state index in [4.69, 9.17) is 5.11 Å². The van der Waals surface area contributed by atoms with Crippen LogP contribution in [0.2, 0.25) is 0 Å². The van der Waals surface area contributed by atoms with Crippen molar-refractivity contribution in [3.8, 4) is 0 Å². The summed E-state index contributed by atoms with van der Waals surface area (Å²) in [6, 6.07) is 2.73. The molecule has 18 heavy (non-hydrogen) atoms. The molecule has 96 valence electrons. The summed E-state index contributed by atoms with van der Waals surface area (Å²) in [7, 11) is 0. The van der Waals surface area contributed by atoms with Crippen molar-refractivity contribution in [2.75, 3.05) is 13.1 Å². The van der Waals surface area contributed by atoms with Crippen LogP contribution in [-0.2, 0) is 0 Å². The van der Waals surface area contributed by atoms with Gasteiger partial charge in [0.1, 0.15) is 5.69 Å². The molecular formula is C12H14N2O4. The Balaban J connectivity index is 2.12. The van der Waals surface area contributed by atoms with E-state index < -0.39 is 11.6 Å². The quantitative estimate of drug-likeness (QED) is 0.791. The molecule has 2 N–H and O–H groups in total. The topological polar surface area (TPSA) is 90.7 Å². The van der Waals surface area contributed by atoms with Crippen LogP contribution in [0, 0.1) is 0 Å². The standard InChI is InChI=1S/C12H14N2O4/c1-12(18)4-5-14(7-12)10(15)9-3-2-8(6-13-9)11(16)17/h2-3,6,18H,4-5,7H2,1H3,(H,16,17). The maximum Gasteiger partial charge on any atom is 0.337 e. The molecule has 2 heterocycles. The largest absolute Gasteiger partial charge is 0.478 e. The first kappa shape index (κ1) is 12.5. The van der Waals surface area contributed by atoms with Gasteiger partial charge in [0.15, 0.2) is 0 Å². The third-order valence-electron chi connectivity index (χ3n) is 2.97. The molecule has 0 aliphatic carbocycles. The lowest BCUT2D eigenvalue weighted by Gasteiger charge is -2.18. The molecule has 0 spiro atoms. The van der Waals surface area contributed by atoms with Crippen LogP contribution in [0.25, 0.3) is 0 Å². The number of β-amino-alcohol motifs (C(OH)–C–C–N with tert-alkyl or cyclic N) is 1. The molecule has 1 atom stereocenters. The van der Waals surface area contributed by atoms with Crippen LogP contribution in [0.5, 0.6) is 0 Å². The van der Waals surface area contributed by atoms with Crippen LogP contribution < -0.4 is 0 Å². The summed E-state index contributed by atoms with van der Waals surface area (Å²) in [6.07, 6.45) is 1.69. The molecule has 1 saturated heterocycles. The molecule has 1 aromatic rings. The number of amides is 1. The summed E-state index contributed by atoms with van der Waals surface area (Å²) in [5, 5.41) is 18.5. The molecule has 0 bridgehead atoms. The molecule has 0 saturated carbocycles. The summed E-state index contributed by atoms with van der Waals surface area (Å²) in [5.41, 5.74) is -0.617. The van der Waals surface area contributed by atoms with Crippen molar-refractivity contribution in [2.45, 2.75) is 18.9 Å². The summed E-state index contributed by atoms with van der Waals surface area (Å²) in [6.45, 7) is 2.43. The molecule has 1 aliphatic heterocycles. The minimum Gasteiger partial charge on any atom is -0.478 e. The number of carbonyl (C=O) groups excluding carboxylic acids is 1. The minimum atomic E-state index is -1.08. The first-order chi connectivity index (χ1) is 8.39. The fourth-order valence-electron chi connectivity index (χ4n) is 1.93. The number of pyridine rings is 1. The normalized spacial score (nSPS) is 23.1. The van der Waals surface area contributed by atoms with Crippen molar-refractivity contribution in [1.82, 2.24) is 9.88 Å². The maximum absolute atomic E-state index is 12.0. The lowest BCUT2D eigenvalue weighted by Crippen LogP contribution is -2.34. The third-order valence-corrected chi connectivity index (χ3v) is 2.97. The number of aromatic carboxylic acids is 1. The van der Waals surface area contributed by atoms with E-state index >= 15 is 0 Å². The van der Waals surface area contributed by atoms with Crippen molar-refractivity contribution in [1.29, 1.82) is 0 Å². The van der Waals surface area contributed by atoms with Crippen LogP contribution in [0.15, 0.2) is 18.3 Å². The fraction of sp³-hybridized carbons (Fsp3) is 0.417. The number of nitrogens with zero attached hydrogens (tertiary/aromatic N) is 2. The lowest BCUT2D eigenvalue weighted by molar-refractivity contribution is 0.0569. The zero-order valence-corrected chi connectivity index (χ0v) is 9.96. The highest BCUT2D eigenvalue weighted by Crippen LogP contribution is 2.21. The number of carboxylic acid groups (broad SMARTS) is 1. The second-order valence-electron chi connectivity index (χ2n) is 4.71. The number of rotatable bonds is 2. The molecule has 1 aromatic heterocycles. The summed E-state index contributed by atoms with van der Waals surface area (Å²) >= 11 is 0. The van der Waals surface area contributed by atoms with Crippen molar-refractivity contribution in [3.05, 3.63) is 29.6 Å². The molecular weight excluding hydrogens is 236 g/mol. The Hall–Kier alpha value is -1.95. The Labute approximate surface area is 104 Å². The highest BCUT2D eigenvalue weighted by atomic mass is 16.4. The van der Waals surface area contributed by atoms with Crippen LogP contribution in [0.4, 0.5) is 0 Å². The van der Waals surface area contributed by atoms with Gasteiger partial charge in [0.05, 0.1) is 11.2 Å². The first-order valence-electron chi connectivity index (χ1n) is 5.60. The van der Waals surface area contributed by atoms with Crippen LogP contribution in [0.3, 0.4) is 0 Å². The van der Waals surface area contributed by atoms with Gasteiger partial charge in [-0.25, -0.2) is 4.79 Å². The van der Waals surface area contributed by atoms with Gasteiger partial charge in [-0.05, 0) is 25.5 Å². The number of aromatic nitrogens is 1. The van der Waals surface area contributed by atoms with E-state index in [1.54, 1.807) is 6.92 Å². The highest BCUT2D eigenvalue weighted by Gasteiger charge is 2.34. The Morgan fingerprint density at radius 1 is 1.44 bits per heavy atom. The van der Waals surface area contributed by atoms with Crippen LogP contribution in [0.1, 0.15) is 34.2 Å². The van der Waals surface area contributed by atoms with E-state index in [0.717, 1.165) is 6.20 Å². The second-order valence-corrected chi connectivity index (χ2v) is 4.71. The fourth-order valence-corrected chi connectivity index (χ4v) is 1.93. The summed E-state index contributed by atoms with van der Waals surface area (Å²) in [4.78, 5) is 28.0. The zero-order chi connectivity index (χ0) is 13.3. The lowest BCUT2D eigenvalue weighted by atomic mass is 10.1. The Morgan fingerprint density at radius 2 is 2.17 bits per heavy atom. The Kier molecular flexibility index (Phi) is 3.04. The minimum absolute atomic E-state index is 0.0416. The monoisotopic (exact) mass is 250 g/mol. The molecule has 1 unspecified atom stereocenters. The van der Waals surface area contributed by atoms with Gasteiger partial charge in [-0.2, -0.15) is 0 Å². The third kappa shape index (κ3) is 2.48. The van der Waals surface area contributed by atoms with Gasteiger partial charge in [0.2, 0.25) is 0 Å². The molecule has 6 nitrogen and oxygen atoms in total. The SMILES string of the molecule is CC1(O)CCN(C(=O)c2ccc(C(=O)O)cn2)C1. The number of likely N-dealkylation sites (tertiary alicyclic amines) is 1. The van der Waals surface area contributed by atoms with Crippen LogP contribution >= 0.6 is 0 Å². The van der Waals surface area contributed by atoms with Crippen LogP contribution in [-0.4, -0.2) is 50.7 Å². The molecule has 6 heteroatoms. The number of carbonyl (C=O) groups is 2. The average Bonchev–Trinajstić information content (AvgIpc) is 2.69. The zero-order valence-electron chi connectivity index (χ0n) is 9.96. The predicted molar refractivity (Wildman–Crippen MR) is 62.3 cm³/mol. The average molecular weight is 250 g/mol. The number of aliphatic hydroxyl groups is 1. The molecule has 1 fully saturated rings. The van der Waals surface area contributed by atoms with E-state index in [0.29, 0.717) is 13.0 Å². The molecule has 1 aliphatic rings. The smallest absolute Gasteiger partial charge is 0.337 e. The number of carboxylic acids is 1. The van der Waals surface area contributed by atoms with E-state index in [1.807, 2.05) is 0 Å². The van der Waals surface area contributed by atoms with Gasteiger partial charge < -0.3 is 15.1 Å². The molecule has 0 radical (unpaired) electrons. The van der Waals surface area contributed by atoms with Crippen molar-refractivity contribution in [3.63, 3.8) is 0 Å². The van der Waals surface area contributed by atoms with Crippen molar-refractivity contribution >= 4 is 11.9 Å². The van der Waals surface area contributed by atoms with Gasteiger partial charge in [0, 0.05) is 19.3 Å². The van der Waals surface area contributed by atoms with Gasteiger partial charge in [-0.1, -0.05) is 0 Å². The van der Waals surface area contributed by atoms with Gasteiger partial charge >= 0.3 is 5.97 Å². The van der Waals surface area contributed by atoms with E-state index in [1.165, 1.54) is 17.0 Å². The van der Waals surface area contributed by atoms with Crippen molar-refractivity contribution < 1.29 is 19.8 Å². The van der Waals surface area contributed by atoms with Gasteiger partial charge in [-0.3, -0.25) is 9.78 Å². The van der Waals surface area contributed by atoms with Gasteiger partial charge in [-0.15, -0.1) is 0 Å². The Morgan fingerprint density at radius 3 is 2.61 bits per heavy atom. The second kappa shape index (κ2) is 4.38. The highest BCUT2D eigenvalue weighted by molar-refractivity contribution is 5.94. The first-order valence-corrected chi connectivity index (χ1v) is 5.60. The molecule has 1 amide bonds. The Bertz CT molecular complexity index is 481.